The van der Waals surface area contributed by atoms with Crippen molar-refractivity contribution in [2.45, 2.75) is 6.92 Å². The van der Waals surface area contributed by atoms with Gasteiger partial charge in [0, 0.05) is 27.5 Å². The number of rotatable bonds is 6. The summed E-state index contributed by atoms with van der Waals surface area (Å²) in [5, 5.41) is 5.76. The van der Waals surface area contributed by atoms with Gasteiger partial charge < -0.3 is 10.6 Å². The van der Waals surface area contributed by atoms with E-state index in [0.29, 0.717) is 27.5 Å². The number of halogens is 3. The molecule has 10 heteroatoms. The first-order valence-electron chi connectivity index (χ1n) is 10.2. The summed E-state index contributed by atoms with van der Waals surface area (Å²) in [5.41, 5.74) is 1.91. The maximum Gasteiger partial charge on any atom is 0.283 e. The molecular weight excluding hydrogens is 513 g/mol. The van der Waals surface area contributed by atoms with Crippen molar-refractivity contribution in [1.29, 1.82) is 0 Å². The first-order valence-corrected chi connectivity index (χ1v) is 11.3. The highest BCUT2D eigenvalue weighted by molar-refractivity contribution is 6.54. The smallest absolute Gasteiger partial charge is 0.283 e. The van der Waals surface area contributed by atoms with Crippen LogP contribution in [0.25, 0.3) is 0 Å². The summed E-state index contributed by atoms with van der Waals surface area (Å²) < 4.78 is 0. The summed E-state index contributed by atoms with van der Waals surface area (Å²) in [6.07, 6.45) is 0. The van der Waals surface area contributed by atoms with Crippen LogP contribution in [0.1, 0.15) is 27.6 Å². The molecule has 0 unspecified atom stereocenters. The molecule has 3 aromatic carbocycles. The van der Waals surface area contributed by atoms with Gasteiger partial charge in [-0.3, -0.25) is 19.2 Å². The minimum atomic E-state index is -0.727. The van der Waals surface area contributed by atoms with Gasteiger partial charge in [0.15, 0.2) is 5.78 Å². The summed E-state index contributed by atoms with van der Waals surface area (Å²) >= 11 is 18.2. The Labute approximate surface area is 215 Å². The number of benzene rings is 3. The van der Waals surface area contributed by atoms with Crippen LogP contribution in [0.3, 0.4) is 0 Å². The SMILES string of the molecule is CC(=O)c1ccc(NC(=O)c2ccc(NC3=C(Cl)C(=O)N(c4ccc(Cl)cc4Cl)C3=O)cc2)cc1. The number of ketones is 1. The molecular formula is C25H16Cl3N3O4. The van der Waals surface area contributed by atoms with Gasteiger partial charge in [-0.2, -0.15) is 0 Å². The number of nitrogens with zero attached hydrogens (tertiary/aromatic N) is 1. The molecule has 0 aliphatic carbocycles. The molecule has 0 spiro atoms. The Kier molecular flexibility index (Phi) is 6.93. The van der Waals surface area contributed by atoms with Gasteiger partial charge in [0.25, 0.3) is 17.7 Å². The van der Waals surface area contributed by atoms with E-state index in [1.807, 2.05) is 0 Å². The molecule has 7 nitrogen and oxygen atoms in total. The third kappa shape index (κ3) is 5.07. The lowest BCUT2D eigenvalue weighted by Gasteiger charge is -2.16. The minimum Gasteiger partial charge on any atom is -0.350 e. The van der Waals surface area contributed by atoms with Crippen LogP contribution in [-0.2, 0) is 9.59 Å². The number of hydrogen-bond acceptors (Lipinski definition) is 5. The van der Waals surface area contributed by atoms with E-state index >= 15 is 0 Å². The largest absolute Gasteiger partial charge is 0.350 e. The number of carbonyl (C=O) groups excluding carboxylic acids is 4. The van der Waals surface area contributed by atoms with Crippen molar-refractivity contribution in [2.24, 2.45) is 0 Å². The van der Waals surface area contributed by atoms with Gasteiger partial charge in [0.1, 0.15) is 10.7 Å². The van der Waals surface area contributed by atoms with Crippen LogP contribution in [0.15, 0.2) is 77.5 Å². The van der Waals surface area contributed by atoms with E-state index in [-0.39, 0.29) is 33.1 Å². The third-order valence-electron chi connectivity index (χ3n) is 5.14. The van der Waals surface area contributed by atoms with Crippen LogP contribution in [0.2, 0.25) is 10.0 Å². The maximum atomic E-state index is 12.9. The summed E-state index contributed by atoms with van der Waals surface area (Å²) in [7, 11) is 0. The molecule has 3 amide bonds. The monoisotopic (exact) mass is 527 g/mol. The summed E-state index contributed by atoms with van der Waals surface area (Å²) in [6, 6.07) is 17.1. The second-order valence-electron chi connectivity index (χ2n) is 7.52. The number of anilines is 3. The average Bonchev–Trinajstić information content (AvgIpc) is 3.03. The van der Waals surface area contributed by atoms with Gasteiger partial charge in [-0.05, 0) is 73.7 Å². The quantitative estimate of drug-likeness (QED) is 0.307. The van der Waals surface area contributed by atoms with Crippen molar-refractivity contribution in [2.75, 3.05) is 15.5 Å². The van der Waals surface area contributed by atoms with E-state index in [9.17, 15) is 19.2 Å². The normalized spacial score (nSPS) is 13.3. The van der Waals surface area contributed by atoms with Crippen molar-refractivity contribution >= 4 is 75.4 Å². The van der Waals surface area contributed by atoms with E-state index in [1.54, 1.807) is 48.5 Å². The summed E-state index contributed by atoms with van der Waals surface area (Å²) in [6.45, 7) is 1.46. The van der Waals surface area contributed by atoms with E-state index < -0.39 is 11.8 Å². The van der Waals surface area contributed by atoms with Gasteiger partial charge in [-0.1, -0.05) is 34.8 Å². The van der Waals surface area contributed by atoms with Crippen LogP contribution >= 0.6 is 34.8 Å². The Morgan fingerprint density at radius 2 is 1.37 bits per heavy atom. The summed E-state index contributed by atoms with van der Waals surface area (Å²) in [4.78, 5) is 50.4. The number of nitrogens with one attached hydrogen (secondary N) is 2. The van der Waals surface area contributed by atoms with Crippen molar-refractivity contribution in [3.05, 3.63) is 98.6 Å². The van der Waals surface area contributed by atoms with Crippen molar-refractivity contribution in [3.63, 3.8) is 0 Å². The lowest BCUT2D eigenvalue weighted by molar-refractivity contribution is -0.120. The van der Waals surface area contributed by atoms with Crippen molar-refractivity contribution < 1.29 is 19.2 Å². The van der Waals surface area contributed by atoms with Gasteiger partial charge >= 0.3 is 0 Å². The van der Waals surface area contributed by atoms with Crippen LogP contribution < -0.4 is 15.5 Å². The molecule has 0 saturated carbocycles. The topological polar surface area (TPSA) is 95.6 Å². The number of amides is 3. The Balaban J connectivity index is 1.47. The molecule has 3 aromatic rings. The van der Waals surface area contributed by atoms with E-state index in [1.165, 1.54) is 25.1 Å². The number of hydrogen-bond donors (Lipinski definition) is 2. The molecule has 176 valence electrons. The predicted octanol–water partition coefficient (Wildman–Crippen LogP) is 5.88. The van der Waals surface area contributed by atoms with Gasteiger partial charge in [-0.25, -0.2) is 4.90 Å². The molecule has 4 rings (SSSR count). The Morgan fingerprint density at radius 1 is 0.771 bits per heavy atom. The first kappa shape index (κ1) is 24.5. The first-order chi connectivity index (χ1) is 16.7. The fraction of sp³-hybridized carbons (Fsp3) is 0.0400. The molecule has 0 fully saturated rings. The van der Waals surface area contributed by atoms with Gasteiger partial charge in [0.2, 0.25) is 0 Å². The molecule has 0 aromatic heterocycles. The van der Waals surface area contributed by atoms with Gasteiger partial charge in [-0.15, -0.1) is 0 Å². The lowest BCUT2D eigenvalue weighted by atomic mass is 10.1. The second-order valence-corrected chi connectivity index (χ2v) is 8.74. The van der Waals surface area contributed by atoms with E-state index in [0.717, 1.165) is 4.90 Å². The average molecular weight is 529 g/mol. The standard InChI is InChI=1S/C25H16Cl3N3O4/c1-13(32)14-2-7-18(8-3-14)30-23(33)15-4-9-17(10-5-15)29-22-21(28)24(34)31(25(22)35)20-11-6-16(26)12-19(20)27/h2-12,29H,1H3,(H,30,33). The molecule has 2 N–H and O–H groups in total. The molecule has 1 aliphatic rings. The van der Waals surface area contributed by atoms with Crippen LogP contribution in [0, 0.1) is 0 Å². The summed E-state index contributed by atoms with van der Waals surface area (Å²) in [5.74, 6) is -1.83. The zero-order valence-electron chi connectivity index (χ0n) is 18.1. The fourth-order valence-corrected chi connectivity index (χ4v) is 4.04. The number of carbonyl (C=O) groups is 4. The van der Waals surface area contributed by atoms with Crippen LogP contribution in [0.5, 0.6) is 0 Å². The molecule has 0 radical (unpaired) electrons. The molecule has 0 saturated heterocycles. The zero-order chi connectivity index (χ0) is 25.3. The second kappa shape index (κ2) is 9.92. The van der Waals surface area contributed by atoms with Gasteiger partial charge in [0.05, 0.1) is 10.7 Å². The molecule has 1 aliphatic heterocycles. The molecule has 0 atom stereocenters. The fourth-order valence-electron chi connectivity index (χ4n) is 3.33. The molecule has 0 bridgehead atoms. The van der Waals surface area contributed by atoms with Crippen LogP contribution in [-0.4, -0.2) is 23.5 Å². The maximum absolute atomic E-state index is 12.9. The molecule has 1 heterocycles. The van der Waals surface area contributed by atoms with E-state index in [4.69, 9.17) is 34.8 Å². The van der Waals surface area contributed by atoms with E-state index in [2.05, 4.69) is 10.6 Å². The minimum absolute atomic E-state index is 0.0667. The highest BCUT2D eigenvalue weighted by Crippen LogP contribution is 2.35. The Morgan fingerprint density at radius 3 is 1.97 bits per heavy atom. The van der Waals surface area contributed by atoms with Crippen molar-refractivity contribution in [1.82, 2.24) is 0 Å². The van der Waals surface area contributed by atoms with Crippen LogP contribution in [0.4, 0.5) is 17.1 Å². The van der Waals surface area contributed by atoms with Crippen molar-refractivity contribution in [3.8, 4) is 0 Å². The number of imide groups is 1. The number of Topliss-reactive ketones (excluding diaryl/α,β-unsaturated/α-hetero) is 1. The zero-order valence-corrected chi connectivity index (χ0v) is 20.3. The molecule has 35 heavy (non-hydrogen) atoms. The third-order valence-corrected chi connectivity index (χ3v) is 6.03. The lowest BCUT2D eigenvalue weighted by Crippen LogP contribution is -2.32. The predicted molar refractivity (Wildman–Crippen MR) is 136 cm³/mol. The Hall–Kier alpha value is -3.65. The highest BCUT2D eigenvalue weighted by Gasteiger charge is 2.39. The highest BCUT2D eigenvalue weighted by atomic mass is 35.5. The Bertz CT molecular complexity index is 1400.